The van der Waals surface area contributed by atoms with Gasteiger partial charge < -0.3 is 4.42 Å². The van der Waals surface area contributed by atoms with E-state index in [1.165, 1.54) is 30.5 Å². The minimum Gasteiger partial charge on any atom is -0.459 e. The zero-order valence-corrected chi connectivity index (χ0v) is 13.7. The van der Waals surface area contributed by atoms with Gasteiger partial charge in [-0.25, -0.2) is 13.1 Å². The molecule has 0 aliphatic carbocycles. The largest absolute Gasteiger partial charge is 0.459 e. The maximum absolute atomic E-state index is 12.0. The molecule has 0 saturated heterocycles. The number of furan rings is 1. The fourth-order valence-corrected chi connectivity index (χ4v) is 2.79. The van der Waals surface area contributed by atoms with E-state index in [1.807, 2.05) is 6.92 Å². The molecule has 2 rings (SSSR count). The molecular weight excluding hydrogens is 334 g/mol. The Labute approximate surface area is 139 Å². The van der Waals surface area contributed by atoms with Gasteiger partial charge in [0.25, 0.3) is 0 Å². The van der Waals surface area contributed by atoms with Crippen LogP contribution in [0, 0.1) is 6.92 Å². The molecule has 1 heterocycles. The first-order chi connectivity index (χ1) is 11.4. The summed E-state index contributed by atoms with van der Waals surface area (Å²) in [5.74, 6) is -1.09. The van der Waals surface area contributed by atoms with E-state index in [0.29, 0.717) is 0 Å². The van der Waals surface area contributed by atoms with Gasteiger partial charge >= 0.3 is 5.91 Å². The molecule has 0 aliphatic rings. The summed E-state index contributed by atoms with van der Waals surface area (Å²) >= 11 is 0. The molecule has 0 spiro atoms. The summed E-state index contributed by atoms with van der Waals surface area (Å²) in [4.78, 5) is 23.2. The molecule has 8 nitrogen and oxygen atoms in total. The van der Waals surface area contributed by atoms with E-state index in [1.54, 1.807) is 12.1 Å². The lowest BCUT2D eigenvalue weighted by Gasteiger charge is -2.08. The summed E-state index contributed by atoms with van der Waals surface area (Å²) in [5.41, 5.74) is 5.28. The molecule has 2 amide bonds. The maximum Gasteiger partial charge on any atom is 0.305 e. The van der Waals surface area contributed by atoms with Crippen molar-refractivity contribution in [3.8, 4) is 0 Å². The molecule has 0 bridgehead atoms. The third-order valence-corrected chi connectivity index (χ3v) is 4.51. The number of rotatable bonds is 6. The van der Waals surface area contributed by atoms with E-state index in [9.17, 15) is 18.0 Å². The number of hydrazine groups is 1. The summed E-state index contributed by atoms with van der Waals surface area (Å²) in [7, 11) is -3.67. The molecule has 0 atom stereocenters. The summed E-state index contributed by atoms with van der Waals surface area (Å²) in [6, 6.07) is 9.33. The van der Waals surface area contributed by atoms with Gasteiger partial charge in [0.1, 0.15) is 0 Å². The Morgan fingerprint density at radius 3 is 2.42 bits per heavy atom. The van der Waals surface area contributed by atoms with E-state index in [4.69, 9.17) is 4.42 Å². The number of hydrogen-bond donors (Lipinski definition) is 3. The van der Waals surface area contributed by atoms with E-state index in [2.05, 4.69) is 15.6 Å². The molecule has 1 aromatic carbocycles. The number of nitrogens with one attached hydrogen (secondary N) is 3. The van der Waals surface area contributed by atoms with Crippen molar-refractivity contribution in [3.63, 3.8) is 0 Å². The molecule has 9 heteroatoms. The first-order valence-corrected chi connectivity index (χ1v) is 8.56. The average molecular weight is 351 g/mol. The molecule has 3 N–H and O–H groups in total. The van der Waals surface area contributed by atoms with Crippen LogP contribution in [0.2, 0.25) is 0 Å². The molecule has 0 unspecified atom stereocenters. The molecule has 128 valence electrons. The van der Waals surface area contributed by atoms with Crippen LogP contribution in [0.4, 0.5) is 0 Å². The predicted octanol–water partition coefficient (Wildman–Crippen LogP) is 0.718. The van der Waals surface area contributed by atoms with Gasteiger partial charge in [-0.3, -0.25) is 20.4 Å². The van der Waals surface area contributed by atoms with Crippen LogP contribution in [-0.2, 0) is 14.8 Å². The topological polar surface area (TPSA) is 118 Å². The first kappa shape index (κ1) is 17.7. The van der Waals surface area contributed by atoms with Crippen LogP contribution in [0.15, 0.2) is 52.0 Å². The Morgan fingerprint density at radius 1 is 1.08 bits per heavy atom. The third-order valence-electron chi connectivity index (χ3n) is 3.04. The van der Waals surface area contributed by atoms with Crippen molar-refractivity contribution in [2.24, 2.45) is 0 Å². The Morgan fingerprint density at radius 2 is 1.79 bits per heavy atom. The van der Waals surface area contributed by atoms with Gasteiger partial charge in [-0.2, -0.15) is 0 Å². The third kappa shape index (κ3) is 4.93. The standard InChI is InChI=1S/C15H17N3O5S/c1-11-4-6-12(7-5-11)24(21,22)16-9-8-14(19)17-18-15(20)13-3-2-10-23-13/h2-7,10,16H,8-9H2,1H3,(H,17,19)(H,18,20). The minimum absolute atomic E-state index is 0.0513. The predicted molar refractivity (Wildman–Crippen MR) is 85.3 cm³/mol. The molecule has 0 saturated carbocycles. The zero-order chi connectivity index (χ0) is 17.6. The highest BCUT2D eigenvalue weighted by atomic mass is 32.2. The molecule has 1 aromatic heterocycles. The number of amides is 2. The van der Waals surface area contributed by atoms with Crippen LogP contribution >= 0.6 is 0 Å². The van der Waals surface area contributed by atoms with Crippen molar-refractivity contribution < 1.29 is 22.4 Å². The summed E-state index contributed by atoms with van der Waals surface area (Å²) < 4.78 is 31.2. The molecule has 24 heavy (non-hydrogen) atoms. The van der Waals surface area contributed by atoms with Crippen molar-refractivity contribution in [1.29, 1.82) is 0 Å². The van der Waals surface area contributed by atoms with Gasteiger partial charge in [-0.1, -0.05) is 17.7 Å². The lowest BCUT2D eigenvalue weighted by atomic mass is 10.2. The van der Waals surface area contributed by atoms with Gasteiger partial charge in [0.15, 0.2) is 5.76 Å². The van der Waals surface area contributed by atoms with E-state index < -0.39 is 21.8 Å². The number of hydrogen-bond acceptors (Lipinski definition) is 5. The summed E-state index contributed by atoms with van der Waals surface area (Å²) in [6.45, 7) is 1.75. The Hall–Kier alpha value is -2.65. The SMILES string of the molecule is Cc1ccc(S(=O)(=O)NCCC(=O)NNC(=O)c2ccco2)cc1. The highest BCUT2D eigenvalue weighted by Crippen LogP contribution is 2.09. The second-order valence-electron chi connectivity index (χ2n) is 4.94. The molecule has 0 fully saturated rings. The summed E-state index contributed by atoms with van der Waals surface area (Å²) in [5, 5.41) is 0. The van der Waals surface area contributed by atoms with E-state index in [-0.39, 0.29) is 23.6 Å². The Kier molecular flexibility index (Phi) is 5.72. The highest BCUT2D eigenvalue weighted by molar-refractivity contribution is 7.89. The number of carbonyl (C=O) groups excluding carboxylic acids is 2. The Bertz CT molecular complexity index is 798. The first-order valence-electron chi connectivity index (χ1n) is 7.07. The molecule has 0 aliphatic heterocycles. The van der Waals surface area contributed by atoms with Gasteiger partial charge in [-0.05, 0) is 31.2 Å². The van der Waals surface area contributed by atoms with Gasteiger partial charge in [0, 0.05) is 13.0 Å². The van der Waals surface area contributed by atoms with Crippen molar-refractivity contribution in [3.05, 3.63) is 54.0 Å². The molecule has 0 radical (unpaired) electrons. The summed E-state index contributed by atoms with van der Waals surface area (Å²) in [6.07, 6.45) is 1.19. The van der Waals surface area contributed by atoms with Crippen LogP contribution in [0.3, 0.4) is 0 Å². The van der Waals surface area contributed by atoms with Gasteiger partial charge in [0.05, 0.1) is 11.2 Å². The van der Waals surface area contributed by atoms with Crippen molar-refractivity contribution in [2.75, 3.05) is 6.54 Å². The molecule has 2 aromatic rings. The monoisotopic (exact) mass is 351 g/mol. The second kappa shape index (κ2) is 7.75. The van der Waals surface area contributed by atoms with Crippen LogP contribution in [0.25, 0.3) is 0 Å². The number of carbonyl (C=O) groups is 2. The van der Waals surface area contributed by atoms with Crippen LogP contribution in [-0.4, -0.2) is 26.8 Å². The van der Waals surface area contributed by atoms with Gasteiger partial charge in [0.2, 0.25) is 15.9 Å². The lowest BCUT2D eigenvalue weighted by Crippen LogP contribution is -2.42. The quantitative estimate of drug-likeness (QED) is 0.663. The van der Waals surface area contributed by atoms with Crippen molar-refractivity contribution >= 4 is 21.8 Å². The normalized spacial score (nSPS) is 11.0. The lowest BCUT2D eigenvalue weighted by molar-refractivity contribution is -0.121. The van der Waals surface area contributed by atoms with Crippen LogP contribution in [0.1, 0.15) is 22.5 Å². The Balaban J connectivity index is 1.76. The number of sulfonamides is 1. The highest BCUT2D eigenvalue weighted by Gasteiger charge is 2.14. The van der Waals surface area contributed by atoms with Crippen molar-refractivity contribution in [2.45, 2.75) is 18.2 Å². The van der Waals surface area contributed by atoms with Crippen LogP contribution in [0.5, 0.6) is 0 Å². The second-order valence-corrected chi connectivity index (χ2v) is 6.71. The van der Waals surface area contributed by atoms with Crippen LogP contribution < -0.4 is 15.6 Å². The fourth-order valence-electron chi connectivity index (χ4n) is 1.76. The van der Waals surface area contributed by atoms with E-state index in [0.717, 1.165) is 5.56 Å². The van der Waals surface area contributed by atoms with Crippen molar-refractivity contribution in [1.82, 2.24) is 15.6 Å². The average Bonchev–Trinajstić information content (AvgIpc) is 3.07. The number of aryl methyl sites for hydroxylation is 1. The maximum atomic E-state index is 12.0. The minimum atomic E-state index is -3.67. The zero-order valence-electron chi connectivity index (χ0n) is 12.9. The molecular formula is C15H17N3O5S. The smallest absolute Gasteiger partial charge is 0.305 e. The fraction of sp³-hybridized carbons (Fsp3) is 0.200. The van der Waals surface area contributed by atoms with Gasteiger partial charge in [-0.15, -0.1) is 0 Å². The number of benzene rings is 1. The van der Waals surface area contributed by atoms with E-state index >= 15 is 0 Å².